The van der Waals surface area contributed by atoms with Gasteiger partial charge >= 0.3 is 0 Å². The predicted octanol–water partition coefficient (Wildman–Crippen LogP) is 3.01. The maximum absolute atomic E-state index is 12.0. The Hall–Kier alpha value is -0.540. The van der Waals surface area contributed by atoms with Crippen molar-refractivity contribution in [2.24, 2.45) is 5.92 Å². The van der Waals surface area contributed by atoms with Crippen LogP contribution in [0.1, 0.15) is 30.7 Å². The van der Waals surface area contributed by atoms with E-state index in [1.54, 1.807) is 12.1 Å². The summed E-state index contributed by atoms with van der Waals surface area (Å²) in [4.78, 5) is 0.475. The number of benzene rings is 1. The van der Waals surface area contributed by atoms with Gasteiger partial charge in [-0.25, -0.2) is 8.42 Å². The molecule has 1 unspecified atom stereocenters. The molecular formula is C12H13ClO2S. The molecule has 1 aliphatic carbocycles. The van der Waals surface area contributed by atoms with E-state index < -0.39 is 9.84 Å². The molecule has 0 spiro atoms. The third-order valence-electron chi connectivity index (χ3n) is 3.60. The molecule has 2 aliphatic rings. The Morgan fingerprint density at radius 2 is 1.94 bits per heavy atom. The Balaban J connectivity index is 2.17. The van der Waals surface area contributed by atoms with Crippen LogP contribution in [0.15, 0.2) is 23.1 Å². The topological polar surface area (TPSA) is 34.1 Å². The lowest BCUT2D eigenvalue weighted by atomic mass is 9.91. The first kappa shape index (κ1) is 10.6. The van der Waals surface area contributed by atoms with Gasteiger partial charge in [-0.1, -0.05) is 17.7 Å². The van der Waals surface area contributed by atoms with Gasteiger partial charge < -0.3 is 0 Å². The van der Waals surface area contributed by atoms with Gasteiger partial charge in [-0.05, 0) is 48.8 Å². The second-order valence-corrected chi connectivity index (χ2v) is 7.25. The Kier molecular flexibility index (Phi) is 2.30. The third-order valence-corrected chi connectivity index (χ3v) is 5.63. The van der Waals surface area contributed by atoms with Gasteiger partial charge in [-0.3, -0.25) is 0 Å². The molecule has 1 heterocycles. The van der Waals surface area contributed by atoms with Crippen molar-refractivity contribution in [2.45, 2.75) is 30.1 Å². The smallest absolute Gasteiger partial charge is 0.178 e. The van der Waals surface area contributed by atoms with Crippen LogP contribution >= 0.6 is 11.6 Å². The van der Waals surface area contributed by atoms with E-state index in [0.29, 0.717) is 21.8 Å². The summed E-state index contributed by atoms with van der Waals surface area (Å²) in [5, 5.41) is 0.513. The van der Waals surface area contributed by atoms with Crippen LogP contribution in [0.2, 0.25) is 5.02 Å². The second kappa shape index (κ2) is 3.47. The van der Waals surface area contributed by atoms with Crippen LogP contribution in [0.5, 0.6) is 0 Å². The third kappa shape index (κ3) is 1.66. The molecule has 1 aliphatic heterocycles. The van der Waals surface area contributed by atoms with Crippen molar-refractivity contribution in [1.82, 2.24) is 0 Å². The number of hydrogen-bond acceptors (Lipinski definition) is 2. The van der Waals surface area contributed by atoms with Crippen LogP contribution in [-0.4, -0.2) is 14.2 Å². The Morgan fingerprint density at radius 1 is 1.19 bits per heavy atom. The fraction of sp³-hybridized carbons (Fsp3) is 0.500. The van der Waals surface area contributed by atoms with Gasteiger partial charge in [0.25, 0.3) is 0 Å². The standard InChI is InChI=1S/C12H13ClO2S/c13-9-3-4-11-10(8-1-2-8)5-6-16(14,15)12(11)7-9/h3-4,7-8,10H,1-2,5-6H2. The monoisotopic (exact) mass is 256 g/mol. The molecule has 0 bridgehead atoms. The van der Waals surface area contributed by atoms with E-state index >= 15 is 0 Å². The van der Waals surface area contributed by atoms with E-state index in [2.05, 4.69) is 0 Å². The van der Waals surface area contributed by atoms with Gasteiger partial charge in [0.15, 0.2) is 9.84 Å². The van der Waals surface area contributed by atoms with Crippen LogP contribution in [0.3, 0.4) is 0 Å². The molecule has 1 atom stereocenters. The van der Waals surface area contributed by atoms with E-state index in [0.717, 1.165) is 12.0 Å². The quantitative estimate of drug-likeness (QED) is 0.774. The molecule has 3 rings (SSSR count). The van der Waals surface area contributed by atoms with Crippen molar-refractivity contribution in [1.29, 1.82) is 0 Å². The molecule has 1 aromatic carbocycles. The molecular weight excluding hydrogens is 244 g/mol. The summed E-state index contributed by atoms with van der Waals surface area (Å²) < 4.78 is 23.9. The van der Waals surface area contributed by atoms with Crippen molar-refractivity contribution < 1.29 is 8.42 Å². The minimum atomic E-state index is -3.09. The molecule has 16 heavy (non-hydrogen) atoms. The van der Waals surface area contributed by atoms with Crippen LogP contribution in [0, 0.1) is 5.92 Å². The van der Waals surface area contributed by atoms with E-state index in [9.17, 15) is 8.42 Å². The largest absolute Gasteiger partial charge is 0.224 e. The second-order valence-electron chi connectivity index (χ2n) is 4.73. The van der Waals surface area contributed by atoms with Crippen LogP contribution in [0.25, 0.3) is 0 Å². The lowest BCUT2D eigenvalue weighted by Gasteiger charge is -2.25. The Bertz CT molecular complexity index is 532. The molecule has 0 saturated heterocycles. The van der Waals surface area contributed by atoms with Crippen molar-refractivity contribution >= 4 is 21.4 Å². The van der Waals surface area contributed by atoms with Gasteiger partial charge in [-0.2, -0.15) is 0 Å². The van der Waals surface area contributed by atoms with Crippen molar-refractivity contribution in [3.8, 4) is 0 Å². The fourth-order valence-electron chi connectivity index (χ4n) is 2.62. The fourth-order valence-corrected chi connectivity index (χ4v) is 4.53. The maximum Gasteiger partial charge on any atom is 0.178 e. The predicted molar refractivity (Wildman–Crippen MR) is 63.6 cm³/mol. The molecule has 1 saturated carbocycles. The number of rotatable bonds is 1. The lowest BCUT2D eigenvalue weighted by Crippen LogP contribution is -2.21. The highest BCUT2D eigenvalue weighted by Crippen LogP contribution is 2.48. The summed E-state index contributed by atoms with van der Waals surface area (Å²) in [6.07, 6.45) is 3.27. The van der Waals surface area contributed by atoms with Gasteiger partial charge in [0, 0.05) is 5.02 Å². The van der Waals surface area contributed by atoms with Gasteiger partial charge in [0.2, 0.25) is 0 Å². The van der Waals surface area contributed by atoms with E-state index in [1.165, 1.54) is 12.8 Å². The highest BCUT2D eigenvalue weighted by Gasteiger charge is 2.39. The van der Waals surface area contributed by atoms with E-state index in [1.807, 2.05) is 6.07 Å². The number of hydrogen-bond donors (Lipinski definition) is 0. The zero-order valence-corrected chi connectivity index (χ0v) is 10.4. The first-order valence-electron chi connectivity index (χ1n) is 5.60. The minimum absolute atomic E-state index is 0.279. The first-order valence-corrected chi connectivity index (χ1v) is 7.63. The molecule has 86 valence electrons. The number of fused-ring (bicyclic) bond motifs is 1. The van der Waals surface area contributed by atoms with Crippen LogP contribution in [-0.2, 0) is 9.84 Å². The zero-order chi connectivity index (χ0) is 11.3. The highest BCUT2D eigenvalue weighted by molar-refractivity contribution is 7.91. The first-order chi connectivity index (χ1) is 7.58. The van der Waals surface area contributed by atoms with Crippen molar-refractivity contribution in [3.63, 3.8) is 0 Å². The summed E-state index contributed by atoms with van der Waals surface area (Å²) in [7, 11) is -3.09. The average molecular weight is 257 g/mol. The van der Waals surface area contributed by atoms with Crippen LogP contribution < -0.4 is 0 Å². The molecule has 0 amide bonds. The zero-order valence-electron chi connectivity index (χ0n) is 8.82. The molecule has 1 aromatic rings. The van der Waals surface area contributed by atoms with E-state index in [-0.39, 0.29) is 5.75 Å². The highest BCUT2D eigenvalue weighted by atomic mass is 35.5. The molecule has 2 nitrogen and oxygen atoms in total. The van der Waals surface area contributed by atoms with Gasteiger partial charge in [0.1, 0.15) is 0 Å². The molecule has 4 heteroatoms. The molecule has 0 N–H and O–H groups in total. The normalized spacial score (nSPS) is 27.4. The molecule has 0 radical (unpaired) electrons. The van der Waals surface area contributed by atoms with Crippen LogP contribution in [0.4, 0.5) is 0 Å². The minimum Gasteiger partial charge on any atom is -0.224 e. The Morgan fingerprint density at radius 3 is 2.62 bits per heavy atom. The summed E-state index contributed by atoms with van der Waals surface area (Å²) >= 11 is 5.88. The number of halogens is 1. The number of sulfone groups is 1. The summed E-state index contributed by atoms with van der Waals surface area (Å²) in [6.45, 7) is 0. The lowest BCUT2D eigenvalue weighted by molar-refractivity contribution is 0.534. The van der Waals surface area contributed by atoms with E-state index in [4.69, 9.17) is 11.6 Å². The molecule has 0 aromatic heterocycles. The molecule has 1 fully saturated rings. The summed E-state index contributed by atoms with van der Waals surface area (Å²) in [5.41, 5.74) is 0.998. The summed E-state index contributed by atoms with van der Waals surface area (Å²) in [6, 6.07) is 5.31. The van der Waals surface area contributed by atoms with Crippen molar-refractivity contribution in [3.05, 3.63) is 28.8 Å². The van der Waals surface area contributed by atoms with Gasteiger partial charge in [0.05, 0.1) is 10.6 Å². The van der Waals surface area contributed by atoms with Gasteiger partial charge in [-0.15, -0.1) is 0 Å². The Labute approximate surface area is 101 Å². The SMILES string of the molecule is O=S1(=O)CCC(C2CC2)c2ccc(Cl)cc21. The maximum atomic E-state index is 12.0. The average Bonchev–Trinajstić information content (AvgIpc) is 3.03. The summed E-state index contributed by atoms with van der Waals surface area (Å²) in [5.74, 6) is 1.42. The van der Waals surface area contributed by atoms with Crippen molar-refractivity contribution in [2.75, 3.05) is 5.75 Å².